The van der Waals surface area contributed by atoms with E-state index >= 15 is 0 Å². The summed E-state index contributed by atoms with van der Waals surface area (Å²) in [5, 5.41) is 3.21. The Bertz CT molecular complexity index is 549. The molecular formula is C16H26N2O2S. The highest BCUT2D eigenvalue weighted by Gasteiger charge is 2.30. The van der Waals surface area contributed by atoms with Gasteiger partial charge in [0.15, 0.2) is 0 Å². The maximum atomic E-state index is 12.9. The normalized spacial score (nSPS) is 18.0. The van der Waals surface area contributed by atoms with Crippen molar-refractivity contribution in [2.24, 2.45) is 5.92 Å². The van der Waals surface area contributed by atoms with Gasteiger partial charge < -0.3 is 5.32 Å². The van der Waals surface area contributed by atoms with Gasteiger partial charge in [-0.15, -0.1) is 0 Å². The number of hydrogen-bond donors (Lipinski definition) is 1. The fraction of sp³-hybridized carbons (Fsp3) is 0.625. The molecule has 0 aromatic heterocycles. The van der Waals surface area contributed by atoms with Gasteiger partial charge in [0.05, 0.1) is 4.90 Å². The predicted octanol–water partition coefficient (Wildman–Crippen LogP) is 2.61. The van der Waals surface area contributed by atoms with E-state index < -0.39 is 10.0 Å². The molecule has 118 valence electrons. The van der Waals surface area contributed by atoms with Crippen LogP contribution in [0.25, 0.3) is 0 Å². The van der Waals surface area contributed by atoms with Crippen LogP contribution in [0.15, 0.2) is 29.2 Å². The summed E-state index contributed by atoms with van der Waals surface area (Å²) in [4.78, 5) is 0.459. The summed E-state index contributed by atoms with van der Waals surface area (Å²) in [6.07, 6.45) is 3.10. The molecule has 0 spiro atoms. The number of nitrogens with one attached hydrogen (secondary N) is 1. The monoisotopic (exact) mass is 310 g/mol. The van der Waals surface area contributed by atoms with Crippen molar-refractivity contribution in [1.29, 1.82) is 0 Å². The molecule has 0 amide bonds. The number of benzene rings is 1. The minimum atomic E-state index is -3.36. The molecule has 4 nitrogen and oxygen atoms in total. The van der Waals surface area contributed by atoms with Crippen molar-refractivity contribution < 1.29 is 8.42 Å². The summed E-state index contributed by atoms with van der Waals surface area (Å²) >= 11 is 0. The van der Waals surface area contributed by atoms with Gasteiger partial charge in [0.1, 0.15) is 0 Å². The highest BCUT2D eigenvalue weighted by molar-refractivity contribution is 7.89. The quantitative estimate of drug-likeness (QED) is 0.878. The molecule has 5 heteroatoms. The first-order chi connectivity index (χ1) is 10.1. The molecule has 21 heavy (non-hydrogen) atoms. The van der Waals surface area contributed by atoms with Crippen LogP contribution in [0.3, 0.4) is 0 Å². The van der Waals surface area contributed by atoms with Gasteiger partial charge >= 0.3 is 0 Å². The van der Waals surface area contributed by atoms with Crippen LogP contribution in [0, 0.1) is 5.92 Å². The van der Waals surface area contributed by atoms with E-state index in [1.807, 2.05) is 19.1 Å². The molecule has 1 aliphatic rings. The highest BCUT2D eigenvalue weighted by Crippen LogP contribution is 2.26. The van der Waals surface area contributed by atoms with Crippen LogP contribution in [0.5, 0.6) is 0 Å². The van der Waals surface area contributed by atoms with Crippen LogP contribution < -0.4 is 5.32 Å². The van der Waals surface area contributed by atoms with E-state index in [0.29, 0.717) is 30.4 Å². The van der Waals surface area contributed by atoms with E-state index in [2.05, 4.69) is 12.2 Å². The molecule has 0 aliphatic carbocycles. The van der Waals surface area contributed by atoms with E-state index in [1.165, 1.54) is 0 Å². The van der Waals surface area contributed by atoms with E-state index in [1.54, 1.807) is 16.4 Å². The van der Waals surface area contributed by atoms with Crippen molar-refractivity contribution >= 4 is 10.0 Å². The van der Waals surface area contributed by atoms with Gasteiger partial charge in [0, 0.05) is 19.6 Å². The smallest absolute Gasteiger partial charge is 0.243 e. The molecule has 0 saturated carbocycles. The number of rotatable bonds is 6. The third-order valence-electron chi connectivity index (χ3n) is 4.31. The Morgan fingerprint density at radius 2 is 1.86 bits per heavy atom. The molecule has 0 atom stereocenters. The van der Waals surface area contributed by atoms with Crippen molar-refractivity contribution in [1.82, 2.24) is 9.62 Å². The molecule has 1 aliphatic heterocycles. The van der Waals surface area contributed by atoms with Crippen molar-refractivity contribution in [2.75, 3.05) is 19.6 Å². The van der Waals surface area contributed by atoms with Crippen LogP contribution in [0.1, 0.15) is 38.7 Å². The van der Waals surface area contributed by atoms with Gasteiger partial charge in [-0.3, -0.25) is 0 Å². The minimum Gasteiger partial charge on any atom is -0.313 e. The van der Waals surface area contributed by atoms with E-state index in [4.69, 9.17) is 0 Å². The molecule has 1 heterocycles. The van der Waals surface area contributed by atoms with Crippen LogP contribution in [-0.4, -0.2) is 32.4 Å². The average Bonchev–Trinajstić information content (AvgIpc) is 2.53. The van der Waals surface area contributed by atoms with E-state index in [0.717, 1.165) is 31.4 Å². The fourth-order valence-electron chi connectivity index (χ4n) is 2.86. The van der Waals surface area contributed by atoms with Gasteiger partial charge in [0.25, 0.3) is 0 Å². The second kappa shape index (κ2) is 7.38. The Morgan fingerprint density at radius 3 is 2.48 bits per heavy atom. The van der Waals surface area contributed by atoms with Crippen LogP contribution >= 0.6 is 0 Å². The lowest BCUT2D eigenvalue weighted by Crippen LogP contribution is -2.38. The van der Waals surface area contributed by atoms with Gasteiger partial charge in [-0.05, 0) is 36.9 Å². The Kier molecular flexibility index (Phi) is 5.79. The molecule has 1 saturated heterocycles. The van der Waals surface area contributed by atoms with Crippen LogP contribution in [0.2, 0.25) is 0 Å². The lowest BCUT2D eigenvalue weighted by molar-refractivity contribution is 0.269. The van der Waals surface area contributed by atoms with Gasteiger partial charge in [0.2, 0.25) is 10.0 Å². The zero-order chi connectivity index (χ0) is 15.3. The molecule has 0 unspecified atom stereocenters. The molecule has 1 aromatic carbocycles. The van der Waals surface area contributed by atoms with Crippen LogP contribution in [-0.2, 0) is 16.6 Å². The topological polar surface area (TPSA) is 49.4 Å². The largest absolute Gasteiger partial charge is 0.313 e. The fourth-order valence-corrected chi connectivity index (χ4v) is 4.55. The molecule has 0 bridgehead atoms. The number of sulfonamides is 1. The highest BCUT2D eigenvalue weighted by atomic mass is 32.2. The Morgan fingerprint density at radius 1 is 1.19 bits per heavy atom. The summed E-state index contributed by atoms with van der Waals surface area (Å²) in [6.45, 7) is 6.92. The van der Waals surface area contributed by atoms with Gasteiger partial charge in [-0.1, -0.05) is 38.5 Å². The maximum Gasteiger partial charge on any atom is 0.243 e. The van der Waals surface area contributed by atoms with E-state index in [-0.39, 0.29) is 0 Å². The first-order valence-electron chi connectivity index (χ1n) is 7.88. The SMILES string of the molecule is CCNCc1ccccc1S(=O)(=O)N1CCC(CC)CC1. The summed E-state index contributed by atoms with van der Waals surface area (Å²) < 4.78 is 27.4. The molecule has 2 rings (SSSR count). The molecule has 1 aromatic rings. The Labute approximate surface area is 128 Å². The molecule has 0 radical (unpaired) electrons. The zero-order valence-corrected chi connectivity index (χ0v) is 13.8. The van der Waals surface area contributed by atoms with E-state index in [9.17, 15) is 8.42 Å². The summed E-state index contributed by atoms with van der Waals surface area (Å²) in [6, 6.07) is 7.33. The minimum absolute atomic E-state index is 0.459. The Balaban J connectivity index is 2.20. The second-order valence-electron chi connectivity index (χ2n) is 5.64. The predicted molar refractivity (Wildman–Crippen MR) is 85.6 cm³/mol. The first-order valence-corrected chi connectivity index (χ1v) is 9.32. The lowest BCUT2D eigenvalue weighted by Gasteiger charge is -2.31. The second-order valence-corrected chi connectivity index (χ2v) is 7.55. The molecule has 1 N–H and O–H groups in total. The third kappa shape index (κ3) is 3.84. The maximum absolute atomic E-state index is 12.9. The third-order valence-corrected chi connectivity index (χ3v) is 6.31. The van der Waals surface area contributed by atoms with Crippen LogP contribution in [0.4, 0.5) is 0 Å². The van der Waals surface area contributed by atoms with Gasteiger partial charge in [-0.25, -0.2) is 8.42 Å². The summed E-state index contributed by atoms with van der Waals surface area (Å²) in [5.74, 6) is 0.674. The number of piperidine rings is 1. The summed E-state index contributed by atoms with van der Waals surface area (Å²) in [7, 11) is -3.36. The van der Waals surface area contributed by atoms with Crippen molar-refractivity contribution in [3.63, 3.8) is 0 Å². The number of nitrogens with zero attached hydrogens (tertiary/aromatic N) is 1. The van der Waals surface area contributed by atoms with Gasteiger partial charge in [-0.2, -0.15) is 4.31 Å². The lowest BCUT2D eigenvalue weighted by atomic mass is 9.96. The first kappa shape index (κ1) is 16.5. The zero-order valence-electron chi connectivity index (χ0n) is 13.0. The van der Waals surface area contributed by atoms with Crippen molar-refractivity contribution in [3.8, 4) is 0 Å². The molecule has 1 fully saturated rings. The summed E-state index contributed by atoms with van der Waals surface area (Å²) in [5.41, 5.74) is 0.858. The van der Waals surface area contributed by atoms with Crippen molar-refractivity contribution in [3.05, 3.63) is 29.8 Å². The standard InChI is InChI=1S/C16H26N2O2S/c1-3-14-9-11-18(12-10-14)21(19,20)16-8-6-5-7-15(16)13-17-4-2/h5-8,14,17H,3-4,9-13H2,1-2H3. The average molecular weight is 310 g/mol. The number of hydrogen-bond acceptors (Lipinski definition) is 3. The molecular weight excluding hydrogens is 284 g/mol. The van der Waals surface area contributed by atoms with Crippen molar-refractivity contribution in [2.45, 2.75) is 44.6 Å². The Hall–Kier alpha value is -0.910.